The van der Waals surface area contributed by atoms with Crippen molar-refractivity contribution in [3.63, 3.8) is 0 Å². The number of hydrogen-bond acceptors (Lipinski definition) is 2. The summed E-state index contributed by atoms with van der Waals surface area (Å²) < 4.78 is 26.8. The lowest BCUT2D eigenvalue weighted by Gasteiger charge is -2.30. The standard InChI is InChI=1S/C14H19F2NO2/c1-3-11(4-2)17(7-8-18)14(19)12-9-10(15)5-6-13(12)16/h5-6,9,11,18H,3-4,7-8H2,1-2H3. The minimum Gasteiger partial charge on any atom is -0.395 e. The molecule has 1 aromatic carbocycles. The fourth-order valence-corrected chi connectivity index (χ4v) is 2.10. The summed E-state index contributed by atoms with van der Waals surface area (Å²) in [4.78, 5) is 13.7. The van der Waals surface area contributed by atoms with Gasteiger partial charge >= 0.3 is 0 Å². The molecule has 0 atom stereocenters. The van der Waals surface area contributed by atoms with Crippen LogP contribution in [0.4, 0.5) is 8.78 Å². The molecule has 3 nitrogen and oxygen atoms in total. The zero-order valence-corrected chi connectivity index (χ0v) is 11.2. The molecule has 0 fully saturated rings. The molecule has 0 bridgehead atoms. The summed E-state index contributed by atoms with van der Waals surface area (Å²) in [6, 6.07) is 2.71. The van der Waals surface area contributed by atoms with E-state index in [1.54, 1.807) is 0 Å². The van der Waals surface area contributed by atoms with Crippen LogP contribution < -0.4 is 0 Å². The molecular formula is C14H19F2NO2. The summed E-state index contributed by atoms with van der Waals surface area (Å²) in [6.07, 6.45) is 1.39. The van der Waals surface area contributed by atoms with Crippen molar-refractivity contribution in [3.8, 4) is 0 Å². The maximum absolute atomic E-state index is 13.6. The minimum atomic E-state index is -0.750. The highest BCUT2D eigenvalue weighted by atomic mass is 19.1. The second kappa shape index (κ2) is 7.19. The van der Waals surface area contributed by atoms with Crippen LogP contribution in [0.1, 0.15) is 37.0 Å². The second-order valence-electron chi connectivity index (χ2n) is 4.32. The Bertz CT molecular complexity index is 433. The van der Waals surface area contributed by atoms with Crippen LogP contribution in [0.3, 0.4) is 0 Å². The van der Waals surface area contributed by atoms with E-state index >= 15 is 0 Å². The average molecular weight is 271 g/mol. The van der Waals surface area contributed by atoms with Gasteiger partial charge < -0.3 is 10.0 Å². The highest BCUT2D eigenvalue weighted by Crippen LogP contribution is 2.17. The molecule has 0 aliphatic carbocycles. The summed E-state index contributed by atoms with van der Waals surface area (Å²) >= 11 is 0. The third-order valence-corrected chi connectivity index (χ3v) is 3.14. The summed E-state index contributed by atoms with van der Waals surface area (Å²) in [5, 5.41) is 9.03. The normalized spacial score (nSPS) is 10.8. The first kappa shape index (κ1) is 15.6. The van der Waals surface area contributed by atoms with E-state index in [4.69, 9.17) is 5.11 Å². The van der Waals surface area contributed by atoms with Gasteiger partial charge in [-0.1, -0.05) is 13.8 Å². The second-order valence-corrected chi connectivity index (χ2v) is 4.32. The van der Waals surface area contributed by atoms with Crippen LogP contribution in [0.25, 0.3) is 0 Å². The first-order chi connectivity index (χ1) is 9.04. The summed E-state index contributed by atoms with van der Waals surface area (Å²) in [7, 11) is 0. The Balaban J connectivity index is 3.08. The number of amides is 1. The number of halogens is 2. The number of rotatable bonds is 6. The lowest BCUT2D eigenvalue weighted by molar-refractivity contribution is 0.0617. The van der Waals surface area contributed by atoms with Gasteiger partial charge in [0.15, 0.2) is 0 Å². The highest BCUT2D eigenvalue weighted by molar-refractivity contribution is 5.94. The van der Waals surface area contributed by atoms with E-state index in [1.165, 1.54) is 4.90 Å². The maximum Gasteiger partial charge on any atom is 0.257 e. The van der Waals surface area contributed by atoms with Gasteiger partial charge in [0.25, 0.3) is 5.91 Å². The van der Waals surface area contributed by atoms with Gasteiger partial charge in [0.1, 0.15) is 11.6 Å². The molecule has 0 saturated carbocycles. The quantitative estimate of drug-likeness (QED) is 0.864. The van der Waals surface area contributed by atoms with Gasteiger partial charge in [0, 0.05) is 12.6 Å². The van der Waals surface area contributed by atoms with Crippen molar-refractivity contribution in [2.24, 2.45) is 0 Å². The van der Waals surface area contributed by atoms with Gasteiger partial charge in [-0.3, -0.25) is 4.79 Å². The first-order valence-corrected chi connectivity index (χ1v) is 6.42. The van der Waals surface area contributed by atoms with Gasteiger partial charge in [-0.25, -0.2) is 8.78 Å². The molecule has 0 aromatic heterocycles. The fourth-order valence-electron chi connectivity index (χ4n) is 2.10. The van der Waals surface area contributed by atoms with Crippen molar-refractivity contribution in [1.29, 1.82) is 0 Å². The number of carbonyl (C=O) groups is 1. The van der Waals surface area contributed by atoms with Crippen LogP contribution in [0.2, 0.25) is 0 Å². The molecule has 0 unspecified atom stereocenters. The number of aliphatic hydroxyl groups excluding tert-OH is 1. The highest BCUT2D eigenvalue weighted by Gasteiger charge is 2.24. The average Bonchev–Trinajstić information content (AvgIpc) is 2.41. The van der Waals surface area contributed by atoms with E-state index in [0.717, 1.165) is 18.2 Å². The van der Waals surface area contributed by atoms with Gasteiger partial charge in [-0.2, -0.15) is 0 Å². The molecule has 5 heteroatoms. The molecule has 0 aliphatic rings. The Morgan fingerprint density at radius 1 is 1.32 bits per heavy atom. The van der Waals surface area contributed by atoms with Crippen molar-refractivity contribution in [3.05, 3.63) is 35.4 Å². The van der Waals surface area contributed by atoms with Crippen molar-refractivity contribution >= 4 is 5.91 Å². The van der Waals surface area contributed by atoms with Crippen LogP contribution in [0, 0.1) is 11.6 Å². The number of benzene rings is 1. The van der Waals surface area contributed by atoms with E-state index in [2.05, 4.69) is 0 Å². The SMILES string of the molecule is CCC(CC)N(CCO)C(=O)c1cc(F)ccc1F. The molecule has 1 amide bonds. The zero-order chi connectivity index (χ0) is 14.4. The van der Waals surface area contributed by atoms with Crippen molar-refractivity contribution in [2.75, 3.05) is 13.2 Å². The Morgan fingerprint density at radius 3 is 2.47 bits per heavy atom. The molecule has 1 aromatic rings. The van der Waals surface area contributed by atoms with E-state index in [9.17, 15) is 13.6 Å². The van der Waals surface area contributed by atoms with Crippen molar-refractivity contribution < 1.29 is 18.7 Å². The van der Waals surface area contributed by atoms with Crippen LogP contribution in [-0.4, -0.2) is 35.1 Å². The summed E-state index contributed by atoms with van der Waals surface area (Å²) in [6.45, 7) is 3.72. The zero-order valence-electron chi connectivity index (χ0n) is 11.2. The number of hydrogen-bond donors (Lipinski definition) is 1. The van der Waals surface area contributed by atoms with Gasteiger partial charge in [0.2, 0.25) is 0 Å². The Hall–Kier alpha value is -1.49. The van der Waals surface area contributed by atoms with E-state index < -0.39 is 17.5 Å². The van der Waals surface area contributed by atoms with Gasteiger partial charge in [-0.15, -0.1) is 0 Å². The van der Waals surface area contributed by atoms with Gasteiger partial charge in [-0.05, 0) is 31.0 Å². The predicted molar refractivity (Wildman–Crippen MR) is 68.9 cm³/mol. The monoisotopic (exact) mass is 271 g/mol. The summed E-state index contributed by atoms with van der Waals surface area (Å²) in [5.41, 5.74) is -0.291. The smallest absolute Gasteiger partial charge is 0.257 e. The molecule has 0 spiro atoms. The molecule has 0 aliphatic heterocycles. The van der Waals surface area contributed by atoms with Crippen LogP contribution in [0.5, 0.6) is 0 Å². The maximum atomic E-state index is 13.6. The molecule has 19 heavy (non-hydrogen) atoms. The number of aliphatic hydroxyl groups is 1. The van der Waals surface area contributed by atoms with Crippen molar-refractivity contribution in [2.45, 2.75) is 32.7 Å². The van der Waals surface area contributed by atoms with Crippen molar-refractivity contribution in [1.82, 2.24) is 4.90 Å². The number of nitrogens with zero attached hydrogens (tertiary/aromatic N) is 1. The van der Waals surface area contributed by atoms with Crippen LogP contribution >= 0.6 is 0 Å². The van der Waals surface area contributed by atoms with Crippen LogP contribution in [-0.2, 0) is 0 Å². The Kier molecular flexibility index (Phi) is 5.89. The molecule has 1 rings (SSSR count). The minimum absolute atomic E-state index is 0.0951. The molecule has 1 N–H and O–H groups in total. The first-order valence-electron chi connectivity index (χ1n) is 6.42. The molecular weight excluding hydrogens is 252 g/mol. The predicted octanol–water partition coefficient (Wildman–Crippen LogP) is 2.59. The van der Waals surface area contributed by atoms with E-state index in [0.29, 0.717) is 12.8 Å². The molecule has 0 heterocycles. The Labute approximate surface area is 111 Å². The molecule has 106 valence electrons. The van der Waals surface area contributed by atoms with Crippen LogP contribution in [0.15, 0.2) is 18.2 Å². The fraction of sp³-hybridized carbons (Fsp3) is 0.500. The van der Waals surface area contributed by atoms with E-state index in [-0.39, 0.29) is 24.8 Å². The molecule has 0 radical (unpaired) electrons. The lowest BCUT2D eigenvalue weighted by atomic mass is 10.1. The lowest BCUT2D eigenvalue weighted by Crippen LogP contribution is -2.42. The summed E-state index contributed by atoms with van der Waals surface area (Å²) in [5.74, 6) is -1.99. The molecule has 0 saturated heterocycles. The largest absolute Gasteiger partial charge is 0.395 e. The topological polar surface area (TPSA) is 40.5 Å². The third-order valence-electron chi connectivity index (χ3n) is 3.14. The van der Waals surface area contributed by atoms with Gasteiger partial charge in [0.05, 0.1) is 12.2 Å². The Morgan fingerprint density at radius 2 is 1.95 bits per heavy atom. The number of carbonyl (C=O) groups excluding carboxylic acids is 1. The van der Waals surface area contributed by atoms with E-state index in [1.807, 2.05) is 13.8 Å². The third kappa shape index (κ3) is 3.73.